The molecule has 0 aliphatic carbocycles. The Morgan fingerprint density at radius 2 is 1.29 bits per heavy atom. The highest BCUT2D eigenvalue weighted by Gasteiger charge is 2.30. The molecule has 0 saturated heterocycles. The Balaban J connectivity index is 4.62. The van der Waals surface area contributed by atoms with Gasteiger partial charge >= 0.3 is 0 Å². The Kier molecular flexibility index (Phi) is 12.3. The van der Waals surface area contributed by atoms with Crippen molar-refractivity contribution in [2.45, 2.75) is 57.8 Å². The Hall–Kier alpha value is -1.98. The van der Waals surface area contributed by atoms with Gasteiger partial charge in [0.25, 0.3) is 0 Å². The van der Waals surface area contributed by atoms with Crippen molar-refractivity contribution >= 4 is 11.9 Å². The Morgan fingerprint density at radius 3 is 1.67 bits per heavy atom. The van der Waals surface area contributed by atoms with Gasteiger partial charge in [-0.15, -0.1) is 0 Å². The topological polar surface area (TPSA) is 98.7 Å². The fraction of sp³-hybridized carbons (Fsp3) is 0.667. The van der Waals surface area contributed by atoms with Crippen molar-refractivity contribution in [2.75, 3.05) is 13.2 Å². The minimum Gasteiger partial charge on any atom is -0.550 e. The summed E-state index contributed by atoms with van der Waals surface area (Å²) in [6.07, 6.45) is 6.72. The largest absolute Gasteiger partial charge is 0.550 e. The third-order valence-corrected chi connectivity index (χ3v) is 4.04. The van der Waals surface area contributed by atoms with Gasteiger partial charge in [0.15, 0.2) is 0 Å². The Labute approximate surface area is 144 Å². The minimum atomic E-state index is -1.17. The molecule has 0 aliphatic heterocycles. The number of carboxylic acid groups (broad SMARTS) is 2. The van der Waals surface area contributed by atoms with Gasteiger partial charge in [-0.1, -0.05) is 13.2 Å². The number of aliphatic carboxylic acids is 2. The highest BCUT2D eigenvalue weighted by Crippen LogP contribution is 2.36. The second kappa shape index (κ2) is 13.5. The summed E-state index contributed by atoms with van der Waals surface area (Å²) in [6.45, 7) is 7.87. The fourth-order valence-corrected chi connectivity index (χ4v) is 2.72. The first-order valence-electron chi connectivity index (χ1n) is 8.35. The van der Waals surface area contributed by atoms with Crippen LogP contribution in [0, 0.1) is 5.41 Å². The molecule has 0 atom stereocenters. The quantitative estimate of drug-likeness (QED) is 0.292. The van der Waals surface area contributed by atoms with Crippen molar-refractivity contribution < 1.29 is 29.3 Å². The summed E-state index contributed by atoms with van der Waals surface area (Å²) in [6, 6.07) is 0. The molecule has 6 nitrogen and oxygen atoms in total. The molecule has 138 valence electrons. The van der Waals surface area contributed by atoms with Gasteiger partial charge in [0.05, 0.1) is 25.7 Å². The number of hydrogen-bond donors (Lipinski definition) is 0. The van der Waals surface area contributed by atoms with Crippen LogP contribution in [0.1, 0.15) is 57.8 Å². The zero-order valence-electron chi connectivity index (χ0n) is 14.3. The lowest BCUT2D eigenvalue weighted by molar-refractivity contribution is -0.321. The molecule has 0 aromatic carbocycles. The third kappa shape index (κ3) is 9.92. The lowest BCUT2D eigenvalue weighted by Gasteiger charge is -2.35. The minimum absolute atomic E-state index is 0.145. The van der Waals surface area contributed by atoms with Crippen LogP contribution in [-0.2, 0) is 19.1 Å². The maximum absolute atomic E-state index is 11.8. The highest BCUT2D eigenvalue weighted by molar-refractivity contribution is 5.72. The molecule has 0 fully saturated rings. The van der Waals surface area contributed by atoms with Crippen LogP contribution >= 0.6 is 0 Å². The first kappa shape index (κ1) is 22.0. The van der Waals surface area contributed by atoms with E-state index in [-0.39, 0.29) is 19.3 Å². The summed E-state index contributed by atoms with van der Waals surface area (Å²) >= 11 is 0. The third-order valence-electron chi connectivity index (χ3n) is 4.04. The van der Waals surface area contributed by atoms with Gasteiger partial charge in [0.1, 0.15) is 0 Å². The van der Waals surface area contributed by atoms with Gasteiger partial charge in [-0.2, -0.15) is 0 Å². The monoisotopic (exact) mass is 340 g/mol. The molecule has 0 radical (unpaired) electrons. The maximum atomic E-state index is 11.8. The first-order chi connectivity index (χ1) is 11.5. The molecular formula is C18H28O6-2. The molecule has 24 heavy (non-hydrogen) atoms. The average molecular weight is 340 g/mol. The smallest absolute Gasteiger partial charge is 0.0873 e. The van der Waals surface area contributed by atoms with Crippen LogP contribution in [0.2, 0.25) is 0 Å². The molecule has 0 N–H and O–H groups in total. The van der Waals surface area contributed by atoms with Crippen molar-refractivity contribution in [3.63, 3.8) is 0 Å². The molecule has 0 amide bonds. The van der Waals surface area contributed by atoms with Crippen molar-refractivity contribution in [2.24, 2.45) is 5.41 Å². The number of rotatable bonds is 17. The zero-order valence-corrected chi connectivity index (χ0v) is 14.3. The molecule has 0 aliphatic rings. The molecule has 0 spiro atoms. The van der Waals surface area contributed by atoms with Crippen LogP contribution in [-0.4, -0.2) is 25.2 Å². The van der Waals surface area contributed by atoms with Crippen LogP contribution in [0.4, 0.5) is 0 Å². The van der Waals surface area contributed by atoms with Gasteiger partial charge in [-0.05, 0) is 57.8 Å². The van der Waals surface area contributed by atoms with Gasteiger partial charge in [0.2, 0.25) is 0 Å². The fourth-order valence-electron chi connectivity index (χ4n) is 2.72. The molecule has 0 heterocycles. The Bertz CT molecular complexity index is 373. The number of carbonyl (C=O) groups excluding carboxylic acids is 2. The lowest BCUT2D eigenvalue weighted by Crippen LogP contribution is -2.43. The number of hydrogen-bond acceptors (Lipinski definition) is 6. The van der Waals surface area contributed by atoms with Crippen LogP contribution < -0.4 is 10.2 Å². The van der Waals surface area contributed by atoms with E-state index in [1.807, 2.05) is 0 Å². The van der Waals surface area contributed by atoms with E-state index in [1.54, 1.807) is 0 Å². The number of carboxylic acids is 2. The Morgan fingerprint density at radius 1 is 0.833 bits per heavy atom. The van der Waals surface area contributed by atoms with Gasteiger partial charge in [-0.3, -0.25) is 0 Å². The van der Waals surface area contributed by atoms with Gasteiger partial charge in [0, 0.05) is 17.4 Å². The SMILES string of the molecule is C=COCCCCC(CCCCOC=C)(CCCC(=O)[O-])C(=O)[O-]. The van der Waals surface area contributed by atoms with E-state index in [2.05, 4.69) is 13.2 Å². The summed E-state index contributed by atoms with van der Waals surface area (Å²) in [5.74, 6) is -2.28. The van der Waals surface area contributed by atoms with E-state index in [0.29, 0.717) is 51.7 Å². The van der Waals surface area contributed by atoms with Crippen LogP contribution in [0.3, 0.4) is 0 Å². The second-order valence-corrected chi connectivity index (χ2v) is 5.78. The first-order valence-corrected chi connectivity index (χ1v) is 8.35. The van der Waals surface area contributed by atoms with Gasteiger partial charge in [-0.25, -0.2) is 0 Å². The summed E-state index contributed by atoms with van der Waals surface area (Å²) in [5, 5.41) is 22.4. The van der Waals surface area contributed by atoms with Crippen molar-refractivity contribution in [1.82, 2.24) is 0 Å². The lowest BCUT2D eigenvalue weighted by atomic mass is 9.74. The molecule has 0 rings (SSSR count). The second-order valence-electron chi connectivity index (χ2n) is 5.78. The van der Waals surface area contributed by atoms with Crippen LogP contribution in [0.5, 0.6) is 0 Å². The molecule has 0 bridgehead atoms. The normalized spacial score (nSPS) is 10.8. The van der Waals surface area contributed by atoms with Crippen LogP contribution in [0.15, 0.2) is 25.7 Å². The van der Waals surface area contributed by atoms with Crippen molar-refractivity contribution in [3.8, 4) is 0 Å². The van der Waals surface area contributed by atoms with E-state index in [4.69, 9.17) is 9.47 Å². The number of unbranched alkanes of at least 4 members (excludes halogenated alkanes) is 2. The molecule has 0 saturated carbocycles. The van der Waals surface area contributed by atoms with Crippen LogP contribution in [0.25, 0.3) is 0 Å². The summed E-state index contributed by atoms with van der Waals surface area (Å²) in [4.78, 5) is 22.4. The van der Waals surface area contributed by atoms with E-state index < -0.39 is 17.4 Å². The number of ether oxygens (including phenoxy) is 2. The average Bonchev–Trinajstić information content (AvgIpc) is 2.53. The highest BCUT2D eigenvalue weighted by atomic mass is 16.5. The molecular weight excluding hydrogens is 312 g/mol. The van der Waals surface area contributed by atoms with Gasteiger partial charge < -0.3 is 29.3 Å². The van der Waals surface area contributed by atoms with E-state index >= 15 is 0 Å². The summed E-state index contributed by atoms with van der Waals surface area (Å²) in [5.41, 5.74) is -1.02. The summed E-state index contributed by atoms with van der Waals surface area (Å²) in [7, 11) is 0. The van der Waals surface area contributed by atoms with Crippen molar-refractivity contribution in [1.29, 1.82) is 0 Å². The molecule has 0 aromatic rings. The summed E-state index contributed by atoms with van der Waals surface area (Å²) < 4.78 is 10.1. The van der Waals surface area contributed by atoms with Crippen molar-refractivity contribution in [3.05, 3.63) is 25.7 Å². The molecule has 0 unspecified atom stereocenters. The van der Waals surface area contributed by atoms with E-state index in [9.17, 15) is 19.8 Å². The predicted octanol–water partition coefficient (Wildman–Crippen LogP) is 1.30. The van der Waals surface area contributed by atoms with E-state index in [0.717, 1.165) is 0 Å². The molecule has 0 aromatic heterocycles. The number of carbonyl (C=O) groups is 2. The zero-order chi connectivity index (χ0) is 18.3. The van der Waals surface area contributed by atoms with E-state index in [1.165, 1.54) is 12.5 Å². The standard InChI is InChI=1S/C18H30O6/c1-3-23-14-7-5-11-18(17(21)22,13-9-10-16(19)20)12-6-8-15-24-4-2/h3-4H,1-2,5-15H2,(H,19,20)(H,21,22)/p-2. The maximum Gasteiger partial charge on any atom is 0.0873 e. The molecule has 6 heteroatoms. The predicted molar refractivity (Wildman–Crippen MR) is 86.3 cm³/mol.